The smallest absolute Gasteiger partial charge is 0.252 e. The zero-order valence-electron chi connectivity index (χ0n) is 55.8. The summed E-state index contributed by atoms with van der Waals surface area (Å²) in [6, 6.07) is 106. The molecule has 0 saturated carbocycles. The summed E-state index contributed by atoms with van der Waals surface area (Å²) in [5.74, 6) is 0. The molecule has 13 aromatic carbocycles. The van der Waals surface area contributed by atoms with Crippen molar-refractivity contribution >= 4 is 132 Å². The monoisotopic (exact) mass is 1250 g/mol. The minimum atomic E-state index is -0.260. The molecular weight excluding hydrogens is 1180 g/mol. The van der Waals surface area contributed by atoms with Gasteiger partial charge in [0.1, 0.15) is 0 Å². The maximum atomic E-state index is 2.72. The van der Waals surface area contributed by atoms with E-state index in [1.54, 1.807) is 0 Å². The second-order valence-corrected chi connectivity index (χ2v) is 30.7. The summed E-state index contributed by atoms with van der Waals surface area (Å²) in [6.07, 6.45) is 0. The van der Waals surface area contributed by atoms with Gasteiger partial charge in [-0.1, -0.05) is 275 Å². The van der Waals surface area contributed by atoms with E-state index in [1.165, 1.54) is 125 Å². The van der Waals surface area contributed by atoms with E-state index >= 15 is 0 Å². The van der Waals surface area contributed by atoms with Crippen molar-refractivity contribution in [2.45, 2.75) is 78.6 Å². The maximum Gasteiger partial charge on any atom is 0.252 e. The van der Waals surface area contributed by atoms with Crippen LogP contribution in [-0.4, -0.2) is 15.8 Å². The molecule has 0 saturated heterocycles. The molecule has 2 aliphatic rings. The predicted octanol–water partition coefficient (Wildman–Crippen LogP) is 23.2. The van der Waals surface area contributed by atoms with Crippen LogP contribution in [-0.2, 0) is 16.2 Å². The quantitative estimate of drug-likeness (QED) is 0.148. The molecule has 0 radical (unpaired) electrons. The van der Waals surface area contributed by atoms with Crippen LogP contribution in [0.25, 0.3) is 109 Å². The summed E-state index contributed by atoms with van der Waals surface area (Å²) in [5.41, 5.74) is 28.4. The number of benzene rings is 13. The van der Waals surface area contributed by atoms with E-state index in [1.807, 2.05) is 11.3 Å². The van der Waals surface area contributed by atoms with E-state index in [9.17, 15) is 0 Å². The van der Waals surface area contributed by atoms with E-state index < -0.39 is 0 Å². The molecule has 0 aliphatic carbocycles. The van der Waals surface area contributed by atoms with E-state index in [2.05, 4.69) is 360 Å². The molecule has 5 heterocycles. The van der Waals surface area contributed by atoms with Crippen LogP contribution in [0, 0.1) is 0 Å². The van der Waals surface area contributed by atoms with E-state index in [4.69, 9.17) is 0 Å². The molecule has 0 unspecified atom stereocenters. The Kier molecular flexibility index (Phi) is 12.9. The van der Waals surface area contributed by atoms with Crippen LogP contribution in [0.5, 0.6) is 0 Å². The van der Waals surface area contributed by atoms with Gasteiger partial charge in [0.25, 0.3) is 6.71 Å². The van der Waals surface area contributed by atoms with Crippen molar-refractivity contribution in [2.24, 2.45) is 0 Å². The van der Waals surface area contributed by atoms with Crippen molar-refractivity contribution in [2.75, 3.05) is 9.80 Å². The number of aromatic nitrogens is 2. The van der Waals surface area contributed by atoms with Gasteiger partial charge in [-0.05, 0) is 138 Å². The number of para-hydroxylation sites is 4. The second kappa shape index (κ2) is 21.4. The Morgan fingerprint density at radius 3 is 1.42 bits per heavy atom. The topological polar surface area (TPSA) is 16.3 Å². The molecule has 0 bridgehead atoms. The van der Waals surface area contributed by atoms with Gasteiger partial charge in [-0.25, -0.2) is 0 Å². The van der Waals surface area contributed by atoms with E-state index in [0.717, 1.165) is 50.5 Å². The predicted molar refractivity (Wildman–Crippen MR) is 414 cm³/mol. The average molecular weight is 1250 g/mol. The molecule has 96 heavy (non-hydrogen) atoms. The number of thiophene rings is 1. The molecule has 0 spiro atoms. The van der Waals surface area contributed by atoms with Crippen molar-refractivity contribution in [1.29, 1.82) is 0 Å². The van der Waals surface area contributed by atoms with Crippen molar-refractivity contribution in [1.82, 2.24) is 9.13 Å². The fourth-order valence-electron chi connectivity index (χ4n) is 15.9. The zero-order chi connectivity index (χ0) is 65.1. The summed E-state index contributed by atoms with van der Waals surface area (Å²) < 4.78 is 7.66. The van der Waals surface area contributed by atoms with Crippen LogP contribution >= 0.6 is 11.3 Å². The average Bonchev–Trinajstić information content (AvgIpc) is 0.900. The van der Waals surface area contributed by atoms with Crippen molar-refractivity contribution in [3.05, 3.63) is 296 Å². The number of nitrogens with zero attached hydrogens (tertiary/aromatic N) is 4. The highest BCUT2D eigenvalue weighted by atomic mass is 32.1. The van der Waals surface area contributed by atoms with Gasteiger partial charge in [0.15, 0.2) is 0 Å². The molecular formula is C90H73BN4S. The Morgan fingerprint density at radius 2 is 0.812 bits per heavy atom. The molecule has 0 N–H and O–H groups in total. The van der Waals surface area contributed by atoms with Crippen molar-refractivity contribution < 1.29 is 0 Å². The van der Waals surface area contributed by atoms with Gasteiger partial charge in [-0.15, -0.1) is 11.3 Å². The molecule has 3 aromatic heterocycles. The van der Waals surface area contributed by atoms with Crippen LogP contribution in [0.1, 0.15) is 79.0 Å². The van der Waals surface area contributed by atoms with Gasteiger partial charge >= 0.3 is 0 Å². The summed E-state index contributed by atoms with van der Waals surface area (Å²) in [7, 11) is 0. The van der Waals surface area contributed by atoms with Gasteiger partial charge in [0, 0.05) is 82.3 Å². The molecule has 6 heteroatoms. The molecule has 4 nitrogen and oxygen atoms in total. The lowest BCUT2D eigenvalue weighted by molar-refractivity contribution is 0.569. The SMILES string of the molecule is CC(C)(C)c1cc(-c2ccc3c(c2)B2c4ccc(-n5c6ccccc6c6ccc7c8ccccc8n(-c8ccccc8)c7c65)cc4N(c4c(-c5ccccc5)cccc4-c4ccccc4)c4cc(C(C)(C)C)cc(c42)N3c2cccc3c2sc2ccccc23)cc(C(C)(C)C)c1. The number of rotatable bonds is 7. The van der Waals surface area contributed by atoms with Crippen LogP contribution in [0.15, 0.2) is 279 Å². The fraction of sp³-hybridized carbons (Fsp3) is 0.133. The Morgan fingerprint density at radius 1 is 0.302 bits per heavy atom. The molecule has 16 aromatic rings. The zero-order valence-corrected chi connectivity index (χ0v) is 56.6. The number of hydrogen-bond acceptors (Lipinski definition) is 3. The highest BCUT2D eigenvalue weighted by Gasteiger charge is 2.46. The first-order chi connectivity index (χ1) is 46.5. The first-order valence-electron chi connectivity index (χ1n) is 33.9. The third kappa shape index (κ3) is 8.95. The molecule has 18 rings (SSSR count). The number of anilines is 6. The first-order valence-corrected chi connectivity index (χ1v) is 34.7. The van der Waals surface area contributed by atoms with Crippen molar-refractivity contribution in [3.8, 4) is 44.8 Å². The Balaban J connectivity index is 1.01. The lowest BCUT2D eigenvalue weighted by Gasteiger charge is -2.46. The fourth-order valence-corrected chi connectivity index (χ4v) is 17.1. The van der Waals surface area contributed by atoms with Gasteiger partial charge in [-0.3, -0.25) is 0 Å². The summed E-state index contributed by atoms with van der Waals surface area (Å²) in [6.45, 7) is 21.1. The Hall–Kier alpha value is -10.7. The van der Waals surface area contributed by atoms with E-state index in [0.29, 0.717) is 0 Å². The third-order valence-corrected chi connectivity index (χ3v) is 21.9. The van der Waals surface area contributed by atoms with Gasteiger partial charge in [-0.2, -0.15) is 0 Å². The van der Waals surface area contributed by atoms with Crippen LogP contribution in [0.4, 0.5) is 34.1 Å². The number of hydrogen-bond donors (Lipinski definition) is 0. The standard InChI is InChI=1S/C90H73BN4S/c1-88(2,3)60-49-59(50-61(52-60)89(4,5)6)58-43-48-77-74(51-58)91-73-47-44-64(93-76-40-23-20-34-68(76)71-46-45-70-67-33-19-22-39-75(67)92(85(70)86(71)93)63-31-17-12-18-32-63)55-79(73)95(84-65(56-27-13-10-14-28-56)36-25-37-66(84)57-29-15-11-16-30-57)81-54-62(90(7,8)9)53-80(83(81)91)94(77)78-41-26-38-72-69-35-21-24-42-82(69)96-87(72)78/h10-55H,1-9H3. The van der Waals surface area contributed by atoms with Gasteiger partial charge in [0.2, 0.25) is 0 Å². The maximum absolute atomic E-state index is 2.72. The number of fused-ring (bicyclic) bond motifs is 14. The highest BCUT2D eigenvalue weighted by molar-refractivity contribution is 7.26. The molecule has 0 atom stereocenters. The Labute approximate surface area is 566 Å². The lowest BCUT2D eigenvalue weighted by Crippen LogP contribution is -2.61. The minimum Gasteiger partial charge on any atom is -0.310 e. The normalized spacial score (nSPS) is 13.2. The minimum absolute atomic E-state index is 0.0685. The van der Waals surface area contributed by atoms with Crippen LogP contribution in [0.2, 0.25) is 0 Å². The molecule has 0 amide bonds. The van der Waals surface area contributed by atoms with Crippen molar-refractivity contribution in [3.63, 3.8) is 0 Å². The molecule has 0 fully saturated rings. The lowest BCUT2D eigenvalue weighted by atomic mass is 9.33. The first kappa shape index (κ1) is 58.0. The van der Waals surface area contributed by atoms with Crippen LogP contribution in [0.3, 0.4) is 0 Å². The molecule has 462 valence electrons. The van der Waals surface area contributed by atoms with E-state index in [-0.39, 0.29) is 23.0 Å². The van der Waals surface area contributed by atoms with Crippen LogP contribution < -0.4 is 26.2 Å². The second-order valence-electron chi connectivity index (χ2n) is 29.7. The van der Waals surface area contributed by atoms with Gasteiger partial charge < -0.3 is 18.9 Å². The third-order valence-electron chi connectivity index (χ3n) is 20.7. The summed E-state index contributed by atoms with van der Waals surface area (Å²) in [4.78, 5) is 5.38. The largest absolute Gasteiger partial charge is 0.310 e. The molecule has 2 aliphatic heterocycles. The Bertz CT molecular complexity index is 5760. The summed E-state index contributed by atoms with van der Waals surface area (Å²) in [5, 5.41) is 7.44. The van der Waals surface area contributed by atoms with Gasteiger partial charge in [0.05, 0.1) is 38.1 Å². The summed E-state index contributed by atoms with van der Waals surface area (Å²) >= 11 is 1.91. The highest BCUT2D eigenvalue weighted by Crippen LogP contribution is 2.54.